The first-order valence-corrected chi connectivity index (χ1v) is 7.50. The second kappa shape index (κ2) is 5.06. The van der Waals surface area contributed by atoms with Crippen LogP contribution in [0.1, 0.15) is 48.5 Å². The van der Waals surface area contributed by atoms with Crippen LogP contribution in [0.2, 0.25) is 0 Å². The highest BCUT2D eigenvalue weighted by molar-refractivity contribution is 5.96. The number of aromatic carboxylic acids is 1. The maximum absolute atomic E-state index is 12.5. The smallest absolute Gasteiger partial charge is 0.335 e. The maximum Gasteiger partial charge on any atom is 0.335 e. The van der Waals surface area contributed by atoms with Gasteiger partial charge < -0.3 is 10.4 Å². The molecule has 0 atom stereocenters. The quantitative estimate of drug-likeness (QED) is 0.898. The minimum atomic E-state index is -0.930. The lowest BCUT2D eigenvalue weighted by atomic mass is 9.75. The van der Waals surface area contributed by atoms with Gasteiger partial charge in [-0.3, -0.25) is 4.90 Å². The number of carbonyl (C=O) groups excluding carboxylic acids is 1. The molecule has 5 heteroatoms. The van der Waals surface area contributed by atoms with E-state index in [0.29, 0.717) is 13.0 Å². The van der Waals surface area contributed by atoms with Crippen molar-refractivity contribution >= 4 is 17.7 Å². The molecule has 1 aliphatic carbocycles. The number of carbonyl (C=O) groups is 2. The van der Waals surface area contributed by atoms with E-state index < -0.39 is 5.97 Å². The summed E-state index contributed by atoms with van der Waals surface area (Å²) in [6.07, 6.45) is 4.94. The van der Waals surface area contributed by atoms with Crippen LogP contribution in [-0.4, -0.2) is 29.2 Å². The van der Waals surface area contributed by atoms with Gasteiger partial charge >= 0.3 is 12.0 Å². The number of benzene rings is 1. The van der Waals surface area contributed by atoms with E-state index in [4.69, 9.17) is 5.11 Å². The first kappa shape index (κ1) is 13.9. The Kier molecular flexibility index (Phi) is 3.35. The molecule has 1 aromatic carbocycles. The molecule has 1 heterocycles. The van der Waals surface area contributed by atoms with Gasteiger partial charge in [0.15, 0.2) is 0 Å². The van der Waals surface area contributed by atoms with Crippen molar-refractivity contribution < 1.29 is 14.7 Å². The number of rotatable bonds is 3. The molecule has 0 spiro atoms. The Hall–Kier alpha value is -2.04. The lowest BCUT2D eigenvalue weighted by Gasteiger charge is -2.42. The van der Waals surface area contributed by atoms with Crippen molar-refractivity contribution in [2.45, 2.75) is 44.6 Å². The van der Waals surface area contributed by atoms with E-state index in [2.05, 4.69) is 12.2 Å². The first-order chi connectivity index (χ1) is 10.0. The van der Waals surface area contributed by atoms with Crippen LogP contribution in [0.5, 0.6) is 0 Å². The number of hydrogen-bond acceptors (Lipinski definition) is 2. The van der Waals surface area contributed by atoms with E-state index in [-0.39, 0.29) is 17.1 Å². The molecule has 0 radical (unpaired) electrons. The van der Waals surface area contributed by atoms with Gasteiger partial charge in [-0.1, -0.05) is 6.92 Å². The van der Waals surface area contributed by atoms with E-state index in [1.807, 2.05) is 0 Å². The Morgan fingerprint density at radius 2 is 2.14 bits per heavy atom. The molecule has 1 aliphatic heterocycles. The van der Waals surface area contributed by atoms with E-state index in [1.54, 1.807) is 23.1 Å². The third-order valence-corrected chi connectivity index (χ3v) is 4.83. The van der Waals surface area contributed by atoms with Gasteiger partial charge in [0.2, 0.25) is 0 Å². The highest BCUT2D eigenvalue weighted by Crippen LogP contribution is 2.36. The fraction of sp³-hybridized carbons (Fsp3) is 0.500. The Morgan fingerprint density at radius 3 is 2.71 bits per heavy atom. The van der Waals surface area contributed by atoms with E-state index in [1.165, 1.54) is 6.42 Å². The van der Waals surface area contributed by atoms with Gasteiger partial charge in [-0.05, 0) is 55.9 Å². The van der Waals surface area contributed by atoms with Gasteiger partial charge in [0.25, 0.3) is 0 Å². The largest absolute Gasteiger partial charge is 0.478 e. The summed E-state index contributed by atoms with van der Waals surface area (Å²) in [5.41, 5.74) is 2.02. The maximum atomic E-state index is 12.5. The molecule has 0 bridgehead atoms. The number of urea groups is 1. The van der Waals surface area contributed by atoms with Crippen LogP contribution in [0.25, 0.3) is 0 Å². The topological polar surface area (TPSA) is 69.6 Å². The van der Waals surface area contributed by atoms with Crippen molar-refractivity contribution in [3.8, 4) is 0 Å². The van der Waals surface area contributed by atoms with E-state index in [9.17, 15) is 9.59 Å². The van der Waals surface area contributed by atoms with Crippen molar-refractivity contribution in [3.05, 3.63) is 29.3 Å². The summed E-state index contributed by atoms with van der Waals surface area (Å²) < 4.78 is 0. The summed E-state index contributed by atoms with van der Waals surface area (Å²) in [6, 6.07) is 4.92. The molecule has 1 fully saturated rings. The van der Waals surface area contributed by atoms with Crippen LogP contribution in [0.15, 0.2) is 18.2 Å². The van der Waals surface area contributed by atoms with E-state index >= 15 is 0 Å². The van der Waals surface area contributed by atoms with Crippen molar-refractivity contribution in [2.24, 2.45) is 0 Å². The predicted molar refractivity (Wildman–Crippen MR) is 79.9 cm³/mol. The molecule has 1 aromatic rings. The molecular weight excluding hydrogens is 268 g/mol. The zero-order chi connectivity index (χ0) is 15.0. The second-order valence-electron chi connectivity index (χ2n) is 5.97. The molecule has 2 N–H and O–H groups in total. The molecule has 3 rings (SSSR count). The summed E-state index contributed by atoms with van der Waals surface area (Å²) in [4.78, 5) is 25.2. The Morgan fingerprint density at radius 1 is 1.38 bits per heavy atom. The Balaban J connectivity index is 1.77. The lowest BCUT2D eigenvalue weighted by Crippen LogP contribution is -2.56. The Bertz CT molecular complexity index is 588. The minimum Gasteiger partial charge on any atom is -0.478 e. The summed E-state index contributed by atoms with van der Waals surface area (Å²) in [5.74, 6) is -0.930. The molecule has 2 aliphatic rings. The highest BCUT2D eigenvalue weighted by Gasteiger charge is 2.38. The first-order valence-electron chi connectivity index (χ1n) is 7.50. The number of amides is 2. The molecule has 5 nitrogen and oxygen atoms in total. The zero-order valence-corrected chi connectivity index (χ0v) is 12.2. The van der Waals surface area contributed by atoms with Gasteiger partial charge in [-0.25, -0.2) is 9.59 Å². The van der Waals surface area contributed by atoms with Gasteiger partial charge in [0, 0.05) is 17.8 Å². The van der Waals surface area contributed by atoms with E-state index in [0.717, 1.165) is 30.5 Å². The third-order valence-electron chi connectivity index (χ3n) is 4.83. The number of carboxylic acid groups (broad SMARTS) is 1. The molecule has 2 amide bonds. The van der Waals surface area contributed by atoms with Crippen LogP contribution in [0, 0.1) is 0 Å². The van der Waals surface area contributed by atoms with Gasteiger partial charge in [-0.15, -0.1) is 0 Å². The lowest BCUT2D eigenvalue weighted by molar-refractivity contribution is 0.0697. The predicted octanol–water partition coefficient (Wildman–Crippen LogP) is 2.79. The number of nitrogens with zero attached hydrogens (tertiary/aromatic N) is 1. The zero-order valence-electron chi connectivity index (χ0n) is 12.2. The average molecular weight is 288 g/mol. The van der Waals surface area contributed by atoms with Gasteiger partial charge in [0.1, 0.15) is 0 Å². The Labute approximate surface area is 123 Å². The summed E-state index contributed by atoms with van der Waals surface area (Å²) in [5, 5.41) is 12.2. The molecule has 0 saturated heterocycles. The number of anilines is 1. The minimum absolute atomic E-state index is 0.0269. The summed E-state index contributed by atoms with van der Waals surface area (Å²) >= 11 is 0. The van der Waals surface area contributed by atoms with Crippen LogP contribution < -0.4 is 10.2 Å². The van der Waals surface area contributed by atoms with Gasteiger partial charge in [0.05, 0.1) is 5.56 Å². The highest BCUT2D eigenvalue weighted by atomic mass is 16.4. The van der Waals surface area contributed by atoms with Crippen LogP contribution >= 0.6 is 0 Å². The number of carboxylic acids is 1. The number of nitrogens with one attached hydrogen (secondary N) is 1. The fourth-order valence-corrected chi connectivity index (χ4v) is 3.21. The number of hydrogen-bond donors (Lipinski definition) is 2. The SMILES string of the molecule is CCC1(NC(=O)N2CCc3cc(C(=O)O)ccc32)CCC1. The molecule has 21 heavy (non-hydrogen) atoms. The van der Waals surface area contributed by atoms with Gasteiger partial charge in [-0.2, -0.15) is 0 Å². The number of fused-ring (bicyclic) bond motifs is 1. The van der Waals surface area contributed by atoms with Crippen molar-refractivity contribution in [3.63, 3.8) is 0 Å². The van der Waals surface area contributed by atoms with Crippen molar-refractivity contribution in [2.75, 3.05) is 11.4 Å². The molecule has 0 unspecified atom stereocenters. The van der Waals surface area contributed by atoms with Crippen molar-refractivity contribution in [1.82, 2.24) is 5.32 Å². The normalized spacial score (nSPS) is 18.8. The molecule has 1 saturated carbocycles. The van der Waals surface area contributed by atoms with Crippen LogP contribution in [0.4, 0.5) is 10.5 Å². The molecule has 0 aromatic heterocycles. The second-order valence-corrected chi connectivity index (χ2v) is 5.97. The summed E-state index contributed by atoms with van der Waals surface area (Å²) in [7, 11) is 0. The fourth-order valence-electron chi connectivity index (χ4n) is 3.21. The van der Waals surface area contributed by atoms with Crippen molar-refractivity contribution in [1.29, 1.82) is 0 Å². The summed E-state index contributed by atoms with van der Waals surface area (Å²) in [6.45, 7) is 2.72. The average Bonchev–Trinajstić information content (AvgIpc) is 2.85. The molecular formula is C16H20N2O3. The standard InChI is InChI=1S/C16H20N2O3/c1-2-16(7-3-8-16)17-15(21)18-9-6-11-10-12(14(19)20)4-5-13(11)18/h4-5,10H,2-3,6-9H2,1H3,(H,17,21)(H,19,20). The van der Waals surface area contributed by atoms with Crippen LogP contribution in [0.3, 0.4) is 0 Å². The van der Waals surface area contributed by atoms with Crippen LogP contribution in [-0.2, 0) is 6.42 Å². The monoisotopic (exact) mass is 288 g/mol. The molecule has 112 valence electrons. The third kappa shape index (κ3) is 2.37.